The second-order valence-electron chi connectivity index (χ2n) is 3.04. The average Bonchev–Trinajstić information content (AvgIpc) is 2.66. The summed E-state index contributed by atoms with van der Waals surface area (Å²) in [7, 11) is 1.62. The highest BCUT2D eigenvalue weighted by atomic mass is 35.5. The van der Waals surface area contributed by atoms with Crippen molar-refractivity contribution >= 4 is 11.6 Å². The zero-order valence-corrected chi connectivity index (χ0v) is 9.08. The number of methoxy groups -OCH3 is 1. The smallest absolute Gasteiger partial charge is 0.313 e. The highest BCUT2D eigenvalue weighted by Gasteiger charge is 2.08. The van der Waals surface area contributed by atoms with Gasteiger partial charge in [-0.3, -0.25) is 0 Å². The summed E-state index contributed by atoms with van der Waals surface area (Å²) in [6, 6.07) is 5.63. The molecule has 0 spiro atoms. The molecule has 0 aliphatic rings. The molecule has 0 aliphatic heterocycles. The van der Waals surface area contributed by atoms with Gasteiger partial charge in [-0.2, -0.15) is 0 Å². The van der Waals surface area contributed by atoms with E-state index < -0.39 is 0 Å². The number of rotatable bonds is 2. The van der Waals surface area contributed by atoms with E-state index in [2.05, 4.69) is 10.2 Å². The molecule has 15 heavy (non-hydrogen) atoms. The fraction of sp³-hybridized carbons (Fsp3) is 0.200. The van der Waals surface area contributed by atoms with Crippen LogP contribution in [-0.2, 0) is 0 Å². The third kappa shape index (κ3) is 1.94. The van der Waals surface area contributed by atoms with Gasteiger partial charge < -0.3 is 9.15 Å². The molecular formula is C10H9ClN2O2. The molecular weight excluding hydrogens is 216 g/mol. The van der Waals surface area contributed by atoms with Crippen molar-refractivity contribution in [3.63, 3.8) is 0 Å². The van der Waals surface area contributed by atoms with Gasteiger partial charge in [0.1, 0.15) is 5.75 Å². The van der Waals surface area contributed by atoms with Gasteiger partial charge in [-0.15, -0.1) is 5.10 Å². The summed E-state index contributed by atoms with van der Waals surface area (Å²) in [5.74, 6) is 1.17. The zero-order valence-electron chi connectivity index (χ0n) is 8.32. The molecule has 1 heterocycles. The standard InChI is InChI=1S/C10H9ClN2O2/c1-6-3-4-7(5-8(6)14-2)9-12-13-10(11)15-9/h3-5H,1-2H3. The van der Waals surface area contributed by atoms with Crippen LogP contribution in [0.2, 0.25) is 5.35 Å². The van der Waals surface area contributed by atoms with Crippen molar-refractivity contribution in [1.82, 2.24) is 10.2 Å². The summed E-state index contributed by atoms with van der Waals surface area (Å²) >= 11 is 5.54. The molecule has 0 unspecified atom stereocenters. The van der Waals surface area contributed by atoms with Crippen LogP contribution in [0.1, 0.15) is 5.56 Å². The third-order valence-electron chi connectivity index (χ3n) is 2.06. The second kappa shape index (κ2) is 3.90. The number of nitrogens with zero attached hydrogens (tertiary/aromatic N) is 2. The van der Waals surface area contributed by atoms with Gasteiger partial charge >= 0.3 is 5.35 Å². The summed E-state index contributed by atoms with van der Waals surface area (Å²) < 4.78 is 10.3. The Balaban J connectivity index is 2.45. The number of aromatic nitrogens is 2. The lowest BCUT2D eigenvalue weighted by Crippen LogP contribution is -1.88. The number of hydrogen-bond acceptors (Lipinski definition) is 4. The van der Waals surface area contributed by atoms with E-state index in [1.807, 2.05) is 25.1 Å². The van der Waals surface area contributed by atoms with E-state index in [1.54, 1.807) is 7.11 Å². The Morgan fingerprint density at radius 1 is 1.33 bits per heavy atom. The SMILES string of the molecule is COc1cc(-c2nnc(Cl)o2)ccc1C. The van der Waals surface area contributed by atoms with Crippen LogP contribution in [-0.4, -0.2) is 17.3 Å². The molecule has 0 bridgehead atoms. The van der Waals surface area contributed by atoms with Crippen molar-refractivity contribution < 1.29 is 9.15 Å². The lowest BCUT2D eigenvalue weighted by Gasteiger charge is -2.04. The van der Waals surface area contributed by atoms with Crippen LogP contribution in [0.4, 0.5) is 0 Å². The molecule has 1 aromatic carbocycles. The Hall–Kier alpha value is -1.55. The Labute approximate surface area is 91.8 Å². The third-order valence-corrected chi connectivity index (χ3v) is 2.21. The predicted molar refractivity (Wildman–Crippen MR) is 56.0 cm³/mol. The molecule has 0 aliphatic carbocycles. The number of benzene rings is 1. The molecule has 78 valence electrons. The molecule has 1 aromatic heterocycles. The quantitative estimate of drug-likeness (QED) is 0.787. The maximum atomic E-state index is 5.54. The number of hydrogen-bond donors (Lipinski definition) is 0. The topological polar surface area (TPSA) is 48.2 Å². The van der Waals surface area contributed by atoms with Crippen molar-refractivity contribution in [2.75, 3.05) is 7.11 Å². The Morgan fingerprint density at radius 2 is 2.13 bits per heavy atom. The van der Waals surface area contributed by atoms with Crippen LogP contribution >= 0.6 is 11.6 Å². The van der Waals surface area contributed by atoms with Gasteiger partial charge in [0.2, 0.25) is 5.89 Å². The first-order valence-corrected chi connectivity index (χ1v) is 4.72. The maximum absolute atomic E-state index is 5.54. The zero-order chi connectivity index (χ0) is 10.8. The van der Waals surface area contributed by atoms with Gasteiger partial charge in [-0.05, 0) is 36.2 Å². The summed E-state index contributed by atoms with van der Waals surface area (Å²) in [6.07, 6.45) is 0. The van der Waals surface area contributed by atoms with Gasteiger partial charge in [0.25, 0.3) is 0 Å². The Kier molecular flexibility index (Phi) is 2.60. The van der Waals surface area contributed by atoms with Crippen LogP contribution in [0.5, 0.6) is 5.75 Å². The first-order valence-electron chi connectivity index (χ1n) is 4.34. The molecule has 0 saturated carbocycles. The highest BCUT2D eigenvalue weighted by Crippen LogP contribution is 2.26. The fourth-order valence-electron chi connectivity index (χ4n) is 1.28. The van der Waals surface area contributed by atoms with Gasteiger partial charge in [-0.25, -0.2) is 0 Å². The van der Waals surface area contributed by atoms with Gasteiger partial charge in [0.05, 0.1) is 7.11 Å². The maximum Gasteiger partial charge on any atom is 0.313 e. The van der Waals surface area contributed by atoms with E-state index in [-0.39, 0.29) is 5.35 Å². The molecule has 0 N–H and O–H groups in total. The normalized spacial score (nSPS) is 10.3. The predicted octanol–water partition coefficient (Wildman–Crippen LogP) is 2.71. The largest absolute Gasteiger partial charge is 0.496 e. The summed E-state index contributed by atoms with van der Waals surface area (Å²) in [6.45, 7) is 1.96. The van der Waals surface area contributed by atoms with Crippen molar-refractivity contribution in [3.8, 4) is 17.2 Å². The number of halogens is 1. The lowest BCUT2D eigenvalue weighted by atomic mass is 10.1. The molecule has 0 saturated heterocycles. The van der Waals surface area contributed by atoms with Crippen molar-refractivity contribution in [3.05, 3.63) is 29.1 Å². The van der Waals surface area contributed by atoms with Gasteiger partial charge in [0, 0.05) is 5.56 Å². The average molecular weight is 225 g/mol. The minimum Gasteiger partial charge on any atom is -0.496 e. The Bertz CT molecular complexity index is 482. The summed E-state index contributed by atoms with van der Waals surface area (Å²) in [4.78, 5) is 0. The van der Waals surface area contributed by atoms with Crippen LogP contribution in [0, 0.1) is 6.92 Å². The van der Waals surface area contributed by atoms with Crippen molar-refractivity contribution in [1.29, 1.82) is 0 Å². The minimum atomic E-state index is 0.0320. The lowest BCUT2D eigenvalue weighted by molar-refractivity contribution is 0.411. The van der Waals surface area contributed by atoms with Crippen LogP contribution in [0.25, 0.3) is 11.5 Å². The number of ether oxygens (including phenoxy) is 1. The van der Waals surface area contributed by atoms with Crippen LogP contribution in [0.15, 0.2) is 22.6 Å². The van der Waals surface area contributed by atoms with E-state index in [0.717, 1.165) is 16.9 Å². The highest BCUT2D eigenvalue weighted by molar-refractivity contribution is 6.27. The minimum absolute atomic E-state index is 0.0320. The van der Waals surface area contributed by atoms with Crippen LogP contribution in [0.3, 0.4) is 0 Å². The number of aryl methyl sites for hydroxylation is 1. The monoisotopic (exact) mass is 224 g/mol. The Morgan fingerprint density at radius 3 is 2.73 bits per heavy atom. The van der Waals surface area contributed by atoms with E-state index >= 15 is 0 Å². The van der Waals surface area contributed by atoms with Gasteiger partial charge in [0.15, 0.2) is 0 Å². The first-order chi connectivity index (χ1) is 7.20. The fourth-order valence-corrected chi connectivity index (χ4v) is 1.39. The van der Waals surface area contributed by atoms with E-state index in [0.29, 0.717) is 5.89 Å². The first kappa shape index (κ1) is 9.98. The molecule has 5 heteroatoms. The van der Waals surface area contributed by atoms with E-state index in [1.165, 1.54) is 0 Å². The van der Waals surface area contributed by atoms with E-state index in [4.69, 9.17) is 20.8 Å². The molecule has 0 amide bonds. The molecule has 0 fully saturated rings. The van der Waals surface area contributed by atoms with Crippen molar-refractivity contribution in [2.45, 2.75) is 6.92 Å². The molecule has 2 rings (SSSR count). The molecule has 4 nitrogen and oxygen atoms in total. The summed E-state index contributed by atoms with van der Waals surface area (Å²) in [5, 5.41) is 7.40. The molecule has 2 aromatic rings. The molecule has 0 atom stereocenters. The van der Waals surface area contributed by atoms with Crippen LogP contribution < -0.4 is 4.74 Å². The van der Waals surface area contributed by atoms with Gasteiger partial charge in [-0.1, -0.05) is 11.2 Å². The summed E-state index contributed by atoms with van der Waals surface area (Å²) in [5.41, 5.74) is 1.84. The van der Waals surface area contributed by atoms with E-state index in [9.17, 15) is 0 Å². The van der Waals surface area contributed by atoms with Crippen molar-refractivity contribution in [2.24, 2.45) is 0 Å². The molecule has 0 radical (unpaired) electrons. The second-order valence-corrected chi connectivity index (χ2v) is 3.37.